The average molecular weight is 493 g/mol. The summed E-state index contributed by atoms with van der Waals surface area (Å²) in [5.74, 6) is 1.34. The van der Waals surface area contributed by atoms with E-state index in [4.69, 9.17) is 14.2 Å². The number of phenolic OH excluding ortho intramolecular Hbond substituents is 1. The van der Waals surface area contributed by atoms with E-state index < -0.39 is 5.60 Å². The standard InChI is InChI=1S/C29H36N2O5/c1-19-13-22(32)8-9-23(19)21-14-25-24(10-11-31(25)27-7-5-6-12-34-27)26(15-21)35-18-20-16-30(17-20)28(33)36-29(2,3)4/h8-11,13-15,20,27,32H,5-7,12,16-18H2,1-4H3. The summed E-state index contributed by atoms with van der Waals surface area (Å²) in [6.45, 7) is 10.2. The Labute approximate surface area is 212 Å². The Bertz CT molecular complexity index is 1250. The number of aromatic hydroxyl groups is 1. The molecule has 2 aromatic carbocycles. The Morgan fingerprint density at radius 2 is 1.94 bits per heavy atom. The Morgan fingerprint density at radius 1 is 1.14 bits per heavy atom. The average Bonchev–Trinajstić information content (AvgIpc) is 3.21. The van der Waals surface area contributed by atoms with Crippen LogP contribution in [0.1, 0.15) is 51.8 Å². The molecule has 7 heteroatoms. The highest BCUT2D eigenvalue weighted by Gasteiger charge is 2.34. The summed E-state index contributed by atoms with van der Waals surface area (Å²) in [6, 6.07) is 11.8. The molecule has 1 atom stereocenters. The molecular formula is C29H36N2O5. The highest BCUT2D eigenvalue weighted by atomic mass is 16.6. The molecule has 0 bridgehead atoms. The van der Waals surface area contributed by atoms with Crippen molar-refractivity contribution in [3.8, 4) is 22.6 Å². The summed E-state index contributed by atoms with van der Waals surface area (Å²) in [4.78, 5) is 14.0. The molecule has 1 unspecified atom stereocenters. The second-order valence-corrected chi connectivity index (χ2v) is 11.0. The first-order valence-electron chi connectivity index (χ1n) is 12.8. The first-order chi connectivity index (χ1) is 17.2. The maximum Gasteiger partial charge on any atom is 0.410 e. The predicted molar refractivity (Wildman–Crippen MR) is 139 cm³/mol. The first kappa shape index (κ1) is 24.5. The van der Waals surface area contributed by atoms with Gasteiger partial charge < -0.3 is 28.8 Å². The van der Waals surface area contributed by atoms with Gasteiger partial charge in [0.25, 0.3) is 0 Å². The van der Waals surface area contributed by atoms with Crippen molar-refractivity contribution in [2.45, 2.75) is 58.8 Å². The Hall–Kier alpha value is -3.19. The summed E-state index contributed by atoms with van der Waals surface area (Å²) >= 11 is 0. The van der Waals surface area contributed by atoms with Gasteiger partial charge in [-0.3, -0.25) is 0 Å². The molecule has 0 radical (unpaired) electrons. The van der Waals surface area contributed by atoms with Crippen LogP contribution >= 0.6 is 0 Å². The van der Waals surface area contributed by atoms with Crippen molar-refractivity contribution in [2.24, 2.45) is 5.92 Å². The van der Waals surface area contributed by atoms with Gasteiger partial charge in [-0.05, 0) is 94.0 Å². The fourth-order valence-corrected chi connectivity index (χ4v) is 5.03. The molecule has 36 heavy (non-hydrogen) atoms. The molecule has 192 valence electrons. The molecule has 1 aromatic heterocycles. The highest BCUT2D eigenvalue weighted by molar-refractivity contribution is 5.92. The fourth-order valence-electron chi connectivity index (χ4n) is 5.03. The largest absolute Gasteiger partial charge is 0.508 e. The molecule has 3 heterocycles. The van der Waals surface area contributed by atoms with Crippen LogP contribution in [0.15, 0.2) is 42.6 Å². The quantitative estimate of drug-likeness (QED) is 0.455. The highest BCUT2D eigenvalue weighted by Crippen LogP contribution is 2.38. The van der Waals surface area contributed by atoms with E-state index in [1.807, 2.05) is 33.8 Å². The molecular weight excluding hydrogens is 456 g/mol. The first-order valence-corrected chi connectivity index (χ1v) is 12.8. The van der Waals surface area contributed by atoms with Crippen molar-refractivity contribution in [3.05, 3.63) is 48.2 Å². The number of rotatable bonds is 5. The molecule has 2 aliphatic rings. The van der Waals surface area contributed by atoms with Crippen molar-refractivity contribution in [1.82, 2.24) is 9.47 Å². The molecule has 2 aliphatic heterocycles. The van der Waals surface area contributed by atoms with Gasteiger partial charge in [0.1, 0.15) is 23.3 Å². The third kappa shape index (κ3) is 5.16. The predicted octanol–water partition coefficient (Wildman–Crippen LogP) is 6.27. The second kappa shape index (κ2) is 9.69. The van der Waals surface area contributed by atoms with Gasteiger partial charge in [0.2, 0.25) is 0 Å². The molecule has 0 spiro atoms. The molecule has 7 nitrogen and oxygen atoms in total. The van der Waals surface area contributed by atoms with Crippen LogP contribution in [0.5, 0.6) is 11.5 Å². The lowest BCUT2D eigenvalue weighted by Gasteiger charge is -2.39. The number of nitrogens with zero attached hydrogens (tertiary/aromatic N) is 2. The van der Waals surface area contributed by atoms with E-state index >= 15 is 0 Å². The van der Waals surface area contributed by atoms with Gasteiger partial charge in [0, 0.05) is 37.2 Å². The van der Waals surface area contributed by atoms with Crippen LogP contribution in [0.2, 0.25) is 0 Å². The topological polar surface area (TPSA) is 73.2 Å². The fraction of sp³-hybridized carbons (Fsp3) is 0.483. The minimum Gasteiger partial charge on any atom is -0.508 e. The maximum atomic E-state index is 12.3. The smallest absolute Gasteiger partial charge is 0.410 e. The number of hydrogen-bond donors (Lipinski definition) is 1. The van der Waals surface area contributed by atoms with Crippen LogP contribution in [-0.2, 0) is 9.47 Å². The van der Waals surface area contributed by atoms with E-state index in [9.17, 15) is 9.90 Å². The van der Waals surface area contributed by atoms with Gasteiger partial charge >= 0.3 is 6.09 Å². The van der Waals surface area contributed by atoms with Gasteiger partial charge in [-0.15, -0.1) is 0 Å². The number of aromatic nitrogens is 1. The maximum absolute atomic E-state index is 12.3. The van der Waals surface area contributed by atoms with Gasteiger partial charge in [0.05, 0.1) is 12.1 Å². The van der Waals surface area contributed by atoms with Crippen LogP contribution < -0.4 is 4.74 Å². The zero-order valence-corrected chi connectivity index (χ0v) is 21.6. The van der Waals surface area contributed by atoms with Gasteiger partial charge in [-0.25, -0.2) is 4.79 Å². The van der Waals surface area contributed by atoms with Crippen LogP contribution in [-0.4, -0.2) is 52.6 Å². The summed E-state index contributed by atoms with van der Waals surface area (Å²) < 4.78 is 20.2. The lowest BCUT2D eigenvalue weighted by Crippen LogP contribution is -2.53. The molecule has 0 saturated carbocycles. The summed E-state index contributed by atoms with van der Waals surface area (Å²) in [6.07, 6.45) is 5.09. The van der Waals surface area contributed by atoms with E-state index in [2.05, 4.69) is 29.0 Å². The van der Waals surface area contributed by atoms with Crippen LogP contribution in [0, 0.1) is 12.8 Å². The molecule has 5 rings (SSSR count). The molecule has 2 fully saturated rings. The van der Waals surface area contributed by atoms with E-state index in [1.54, 1.807) is 17.0 Å². The van der Waals surface area contributed by atoms with Crippen molar-refractivity contribution in [1.29, 1.82) is 0 Å². The van der Waals surface area contributed by atoms with E-state index in [0.29, 0.717) is 19.7 Å². The number of benzene rings is 2. The number of carbonyl (C=O) groups excluding carboxylic acids is 1. The Balaban J connectivity index is 1.39. The molecule has 2 saturated heterocycles. The zero-order chi connectivity index (χ0) is 25.4. The minimum absolute atomic E-state index is 0.0225. The molecule has 1 amide bonds. The Kier molecular flexibility index (Phi) is 6.60. The third-order valence-electron chi connectivity index (χ3n) is 6.87. The number of hydrogen-bond acceptors (Lipinski definition) is 5. The number of fused-ring (bicyclic) bond motifs is 1. The summed E-state index contributed by atoms with van der Waals surface area (Å²) in [5.41, 5.74) is 3.67. The lowest BCUT2D eigenvalue weighted by molar-refractivity contribution is -0.0291. The van der Waals surface area contributed by atoms with Crippen molar-refractivity contribution in [2.75, 3.05) is 26.3 Å². The van der Waals surface area contributed by atoms with Crippen LogP contribution in [0.25, 0.3) is 22.0 Å². The number of ether oxygens (including phenoxy) is 3. The summed E-state index contributed by atoms with van der Waals surface area (Å²) in [5, 5.41) is 11.0. The monoisotopic (exact) mass is 492 g/mol. The van der Waals surface area contributed by atoms with E-state index in [-0.39, 0.29) is 24.0 Å². The van der Waals surface area contributed by atoms with Crippen LogP contribution in [0.4, 0.5) is 4.79 Å². The van der Waals surface area contributed by atoms with Crippen molar-refractivity contribution in [3.63, 3.8) is 0 Å². The lowest BCUT2D eigenvalue weighted by atomic mass is 9.98. The number of carbonyl (C=O) groups is 1. The number of aryl methyl sites for hydroxylation is 1. The SMILES string of the molecule is Cc1cc(O)ccc1-c1cc(OCC2CN(C(=O)OC(C)(C)C)C2)c2ccn(C3CCCCO3)c2c1. The minimum atomic E-state index is -0.494. The van der Waals surface area contributed by atoms with Gasteiger partial charge in [0.15, 0.2) is 0 Å². The normalized spacial score (nSPS) is 18.8. The number of phenols is 1. The van der Waals surface area contributed by atoms with Crippen LogP contribution in [0.3, 0.4) is 0 Å². The van der Waals surface area contributed by atoms with Crippen molar-refractivity contribution < 1.29 is 24.1 Å². The molecule has 0 aliphatic carbocycles. The van der Waals surface area contributed by atoms with Gasteiger partial charge in [-0.2, -0.15) is 0 Å². The Morgan fingerprint density at radius 3 is 2.64 bits per heavy atom. The second-order valence-electron chi connectivity index (χ2n) is 11.0. The van der Waals surface area contributed by atoms with E-state index in [1.165, 1.54) is 0 Å². The van der Waals surface area contributed by atoms with Gasteiger partial charge in [-0.1, -0.05) is 6.07 Å². The summed E-state index contributed by atoms with van der Waals surface area (Å²) in [7, 11) is 0. The van der Waals surface area contributed by atoms with E-state index in [0.717, 1.165) is 59.2 Å². The molecule has 1 N–H and O–H groups in total. The zero-order valence-electron chi connectivity index (χ0n) is 21.6. The third-order valence-corrected chi connectivity index (χ3v) is 6.87. The molecule has 3 aromatic rings. The van der Waals surface area contributed by atoms with Crippen molar-refractivity contribution >= 4 is 17.0 Å². The number of amides is 1. The number of likely N-dealkylation sites (tertiary alicyclic amines) is 1.